The van der Waals surface area contributed by atoms with Crippen molar-refractivity contribution in [3.05, 3.63) is 16.6 Å². The van der Waals surface area contributed by atoms with Gasteiger partial charge < -0.3 is 10.0 Å². The van der Waals surface area contributed by atoms with Gasteiger partial charge in [0.2, 0.25) is 0 Å². The van der Waals surface area contributed by atoms with Crippen LogP contribution in [0.3, 0.4) is 0 Å². The average Bonchev–Trinajstić information content (AvgIpc) is 2.74. The molecule has 0 bridgehead atoms. The van der Waals surface area contributed by atoms with E-state index in [1.54, 1.807) is 17.2 Å². The van der Waals surface area contributed by atoms with E-state index in [4.69, 9.17) is 5.11 Å². The van der Waals surface area contributed by atoms with E-state index in [2.05, 4.69) is 4.37 Å². The van der Waals surface area contributed by atoms with Crippen LogP contribution in [0.2, 0.25) is 0 Å². The Balaban J connectivity index is 2.10. The molecular formula is C11H14N2O3S. The lowest BCUT2D eigenvalue weighted by Gasteiger charge is -2.30. The molecule has 0 radical (unpaired) electrons. The molecule has 17 heavy (non-hydrogen) atoms. The van der Waals surface area contributed by atoms with Gasteiger partial charge in [0.15, 0.2) is 0 Å². The fourth-order valence-corrected chi connectivity index (χ4v) is 2.72. The van der Waals surface area contributed by atoms with Crippen LogP contribution in [0.4, 0.5) is 0 Å². The quantitative estimate of drug-likeness (QED) is 0.865. The molecule has 1 amide bonds. The summed E-state index contributed by atoms with van der Waals surface area (Å²) in [5, 5.41) is 10.7. The van der Waals surface area contributed by atoms with Gasteiger partial charge in [-0.25, -0.2) is 0 Å². The average molecular weight is 254 g/mol. The first-order chi connectivity index (χ1) is 8.09. The second-order valence-electron chi connectivity index (χ2n) is 4.24. The van der Waals surface area contributed by atoms with Crippen LogP contribution < -0.4 is 0 Å². The van der Waals surface area contributed by atoms with Gasteiger partial charge in [-0.15, -0.1) is 0 Å². The van der Waals surface area contributed by atoms with Crippen molar-refractivity contribution in [1.82, 2.24) is 9.27 Å². The zero-order valence-electron chi connectivity index (χ0n) is 9.55. The first kappa shape index (κ1) is 12.0. The van der Waals surface area contributed by atoms with Crippen molar-refractivity contribution < 1.29 is 14.7 Å². The number of rotatable bonds is 2. The summed E-state index contributed by atoms with van der Waals surface area (Å²) in [4.78, 5) is 24.7. The number of aliphatic carboxylic acids is 1. The number of amides is 1. The number of aryl methyl sites for hydroxylation is 1. The maximum Gasteiger partial charge on any atom is 0.308 e. The molecule has 5 nitrogen and oxygen atoms in total. The molecule has 6 heteroatoms. The third-order valence-electron chi connectivity index (χ3n) is 3.04. The Hall–Kier alpha value is -1.43. The normalized spacial score (nSPS) is 20.3. The summed E-state index contributed by atoms with van der Waals surface area (Å²) in [6.07, 6.45) is 1.40. The number of carbonyl (C=O) groups excluding carboxylic acids is 1. The largest absolute Gasteiger partial charge is 0.481 e. The number of aromatic nitrogens is 1. The van der Waals surface area contributed by atoms with Crippen LogP contribution >= 0.6 is 11.5 Å². The zero-order valence-corrected chi connectivity index (χ0v) is 10.4. The Labute approximate surface area is 103 Å². The maximum atomic E-state index is 12.1. The molecule has 1 fully saturated rings. The molecule has 0 spiro atoms. The summed E-state index contributed by atoms with van der Waals surface area (Å²) in [6.45, 7) is 2.74. The molecule has 1 saturated heterocycles. The van der Waals surface area contributed by atoms with Gasteiger partial charge in [-0.2, -0.15) is 4.37 Å². The van der Waals surface area contributed by atoms with Crippen LogP contribution in [0.15, 0.2) is 5.38 Å². The predicted octanol–water partition coefficient (Wildman–Crippen LogP) is 1.39. The number of hydrogen-bond acceptors (Lipinski definition) is 4. The van der Waals surface area contributed by atoms with Crippen LogP contribution in [0.1, 0.15) is 28.9 Å². The minimum absolute atomic E-state index is 0.0952. The number of nitrogens with zero attached hydrogens (tertiary/aromatic N) is 2. The lowest BCUT2D eigenvalue weighted by Crippen LogP contribution is -2.42. The number of carboxylic acids is 1. The fourth-order valence-electron chi connectivity index (χ4n) is 2.03. The first-order valence-corrected chi connectivity index (χ1v) is 6.36. The van der Waals surface area contributed by atoms with Gasteiger partial charge in [0, 0.05) is 18.5 Å². The molecule has 0 aromatic carbocycles. The summed E-state index contributed by atoms with van der Waals surface area (Å²) in [5.41, 5.74) is 1.32. The predicted molar refractivity (Wildman–Crippen MR) is 63.1 cm³/mol. The minimum atomic E-state index is -0.817. The van der Waals surface area contributed by atoms with E-state index < -0.39 is 11.9 Å². The molecule has 1 unspecified atom stereocenters. The van der Waals surface area contributed by atoms with Crippen molar-refractivity contribution in [2.24, 2.45) is 5.92 Å². The minimum Gasteiger partial charge on any atom is -0.481 e. The molecule has 1 aromatic heterocycles. The van der Waals surface area contributed by atoms with Crippen LogP contribution in [-0.4, -0.2) is 39.3 Å². The fraction of sp³-hybridized carbons (Fsp3) is 0.545. The topological polar surface area (TPSA) is 70.5 Å². The molecule has 0 saturated carbocycles. The van der Waals surface area contributed by atoms with Gasteiger partial charge in [0.1, 0.15) is 0 Å². The molecule has 1 aromatic rings. The van der Waals surface area contributed by atoms with Crippen LogP contribution in [0.25, 0.3) is 0 Å². The highest BCUT2D eigenvalue weighted by Crippen LogP contribution is 2.20. The summed E-state index contributed by atoms with van der Waals surface area (Å²) < 4.78 is 4.06. The smallest absolute Gasteiger partial charge is 0.308 e. The molecule has 1 aliphatic heterocycles. The second kappa shape index (κ2) is 4.83. The summed E-state index contributed by atoms with van der Waals surface area (Å²) in [7, 11) is 0. The van der Waals surface area contributed by atoms with E-state index in [-0.39, 0.29) is 5.91 Å². The molecular weight excluding hydrogens is 240 g/mol. The van der Waals surface area contributed by atoms with Gasteiger partial charge in [-0.1, -0.05) is 0 Å². The number of carbonyl (C=O) groups is 2. The van der Waals surface area contributed by atoms with E-state index in [1.165, 1.54) is 11.5 Å². The number of piperidine rings is 1. The first-order valence-electron chi connectivity index (χ1n) is 5.52. The SMILES string of the molecule is Cc1nscc1C(=O)N1CCCC(C(=O)O)C1. The van der Waals surface area contributed by atoms with Crippen molar-refractivity contribution in [2.45, 2.75) is 19.8 Å². The lowest BCUT2D eigenvalue weighted by molar-refractivity contribution is -0.143. The van der Waals surface area contributed by atoms with Crippen LogP contribution in [0, 0.1) is 12.8 Å². The zero-order chi connectivity index (χ0) is 12.4. The van der Waals surface area contributed by atoms with Crippen molar-refractivity contribution in [3.8, 4) is 0 Å². The van der Waals surface area contributed by atoms with Crippen molar-refractivity contribution in [1.29, 1.82) is 0 Å². The van der Waals surface area contributed by atoms with Gasteiger partial charge >= 0.3 is 5.97 Å². The van der Waals surface area contributed by atoms with Crippen LogP contribution in [-0.2, 0) is 4.79 Å². The highest BCUT2D eigenvalue weighted by Gasteiger charge is 2.29. The molecule has 2 heterocycles. The third-order valence-corrected chi connectivity index (χ3v) is 3.76. The molecule has 0 aliphatic carbocycles. The number of likely N-dealkylation sites (tertiary alicyclic amines) is 1. The van der Waals surface area contributed by atoms with E-state index in [1.807, 2.05) is 0 Å². The van der Waals surface area contributed by atoms with E-state index in [0.29, 0.717) is 25.1 Å². The molecule has 1 atom stereocenters. The van der Waals surface area contributed by atoms with Gasteiger partial charge in [0.05, 0.1) is 17.2 Å². The lowest BCUT2D eigenvalue weighted by atomic mass is 9.98. The Morgan fingerprint density at radius 3 is 2.94 bits per heavy atom. The highest BCUT2D eigenvalue weighted by molar-refractivity contribution is 7.03. The van der Waals surface area contributed by atoms with Crippen LogP contribution in [0.5, 0.6) is 0 Å². The standard InChI is InChI=1S/C11H14N2O3S/c1-7-9(6-17-12-7)10(14)13-4-2-3-8(5-13)11(15)16/h6,8H,2-5H2,1H3,(H,15,16). The van der Waals surface area contributed by atoms with Gasteiger partial charge in [0.25, 0.3) is 5.91 Å². The number of carboxylic acid groups (broad SMARTS) is 1. The molecule has 1 aliphatic rings. The Bertz CT molecular complexity index is 444. The third kappa shape index (κ3) is 2.46. The summed E-state index contributed by atoms with van der Waals surface area (Å²) in [5.74, 6) is -1.34. The van der Waals surface area contributed by atoms with E-state index in [0.717, 1.165) is 12.1 Å². The van der Waals surface area contributed by atoms with Gasteiger partial charge in [-0.05, 0) is 31.3 Å². The molecule has 2 rings (SSSR count). The van der Waals surface area contributed by atoms with Crippen molar-refractivity contribution in [2.75, 3.05) is 13.1 Å². The monoisotopic (exact) mass is 254 g/mol. The van der Waals surface area contributed by atoms with Gasteiger partial charge in [-0.3, -0.25) is 9.59 Å². The Kier molecular flexibility index (Phi) is 3.42. The van der Waals surface area contributed by atoms with E-state index >= 15 is 0 Å². The Morgan fingerprint density at radius 2 is 2.35 bits per heavy atom. The summed E-state index contributed by atoms with van der Waals surface area (Å²) in [6, 6.07) is 0. The maximum absolute atomic E-state index is 12.1. The highest BCUT2D eigenvalue weighted by atomic mass is 32.1. The van der Waals surface area contributed by atoms with Crippen molar-refractivity contribution >= 4 is 23.4 Å². The molecule has 1 N–H and O–H groups in total. The van der Waals surface area contributed by atoms with E-state index in [9.17, 15) is 9.59 Å². The molecule has 92 valence electrons. The van der Waals surface area contributed by atoms with Crippen molar-refractivity contribution in [3.63, 3.8) is 0 Å². The summed E-state index contributed by atoms with van der Waals surface area (Å²) >= 11 is 1.25. The Morgan fingerprint density at radius 1 is 1.59 bits per heavy atom. The second-order valence-corrected chi connectivity index (χ2v) is 4.87. The number of hydrogen-bond donors (Lipinski definition) is 1.